The maximum absolute atomic E-state index is 11.9. The topological polar surface area (TPSA) is 68.8 Å². The number of nitrogens with one attached hydrogen (secondary N) is 3. The van der Waals surface area contributed by atoms with Gasteiger partial charge in [0.15, 0.2) is 5.96 Å². The number of hydrogen-bond acceptors (Lipinski definition) is 3. The largest absolute Gasteiger partial charge is 0.355 e. The summed E-state index contributed by atoms with van der Waals surface area (Å²) in [4.78, 5) is 18.7. The molecule has 27 heavy (non-hydrogen) atoms. The average Bonchev–Trinajstić information content (AvgIpc) is 3.08. The summed E-state index contributed by atoms with van der Waals surface area (Å²) in [6.07, 6.45) is 2.45. The highest BCUT2D eigenvalue weighted by Gasteiger charge is 2.24. The molecular formula is C21H35N5O. The molecule has 150 valence electrons. The normalized spacial score (nSPS) is 18.4. The highest BCUT2D eigenvalue weighted by Crippen LogP contribution is 2.19. The molecule has 1 amide bonds. The Morgan fingerprint density at radius 3 is 2.52 bits per heavy atom. The molecule has 0 aromatic heterocycles. The molecule has 2 rings (SSSR count). The van der Waals surface area contributed by atoms with E-state index in [2.05, 4.69) is 56.2 Å². The molecule has 6 heteroatoms. The zero-order chi connectivity index (χ0) is 19.7. The number of rotatable bonds is 7. The van der Waals surface area contributed by atoms with Gasteiger partial charge in [0.2, 0.25) is 5.91 Å². The predicted molar refractivity (Wildman–Crippen MR) is 112 cm³/mol. The van der Waals surface area contributed by atoms with E-state index >= 15 is 0 Å². The van der Waals surface area contributed by atoms with Crippen LogP contribution in [0.25, 0.3) is 0 Å². The first-order valence-electron chi connectivity index (χ1n) is 9.91. The minimum atomic E-state index is -0.357. The van der Waals surface area contributed by atoms with Crippen molar-refractivity contribution in [2.24, 2.45) is 10.4 Å². The number of guanidine groups is 1. The van der Waals surface area contributed by atoms with Crippen LogP contribution in [0.1, 0.15) is 39.2 Å². The fourth-order valence-corrected chi connectivity index (χ4v) is 3.21. The second-order valence-corrected chi connectivity index (χ2v) is 8.14. The molecule has 1 saturated heterocycles. The standard InChI is InChI=1S/C21H35N5O/c1-21(2,3)19(27)23-12-13-24-20(22-4)25-15-18-11-8-14-26(18)16-17-9-6-5-7-10-17/h5-7,9-10,18H,8,11-16H2,1-4H3,(H,23,27)(H2,22,24,25). The van der Waals surface area contributed by atoms with Crippen LogP contribution in [0.15, 0.2) is 35.3 Å². The zero-order valence-electron chi connectivity index (χ0n) is 17.2. The van der Waals surface area contributed by atoms with Crippen molar-refractivity contribution in [1.82, 2.24) is 20.9 Å². The van der Waals surface area contributed by atoms with Crippen molar-refractivity contribution in [3.8, 4) is 0 Å². The molecule has 1 unspecified atom stereocenters. The van der Waals surface area contributed by atoms with Crippen molar-refractivity contribution in [1.29, 1.82) is 0 Å². The molecule has 1 fully saturated rings. The first-order chi connectivity index (χ1) is 12.9. The van der Waals surface area contributed by atoms with Crippen LogP contribution in [0, 0.1) is 5.41 Å². The Hall–Kier alpha value is -2.08. The highest BCUT2D eigenvalue weighted by atomic mass is 16.2. The lowest BCUT2D eigenvalue weighted by Gasteiger charge is -2.25. The lowest BCUT2D eigenvalue weighted by molar-refractivity contribution is -0.128. The number of hydrogen-bond donors (Lipinski definition) is 3. The van der Waals surface area contributed by atoms with Crippen LogP contribution in [0.5, 0.6) is 0 Å². The van der Waals surface area contributed by atoms with Gasteiger partial charge < -0.3 is 16.0 Å². The Bertz CT molecular complexity index is 609. The number of nitrogens with zero attached hydrogens (tertiary/aromatic N) is 2. The minimum absolute atomic E-state index is 0.0646. The van der Waals surface area contributed by atoms with E-state index < -0.39 is 0 Å². The fraction of sp³-hybridized carbons (Fsp3) is 0.619. The van der Waals surface area contributed by atoms with Gasteiger partial charge in [-0.15, -0.1) is 0 Å². The molecule has 0 saturated carbocycles. The molecule has 3 N–H and O–H groups in total. The maximum atomic E-state index is 11.9. The summed E-state index contributed by atoms with van der Waals surface area (Å²) in [7, 11) is 1.78. The lowest BCUT2D eigenvalue weighted by Crippen LogP contribution is -2.47. The number of carbonyl (C=O) groups is 1. The van der Waals surface area contributed by atoms with Gasteiger partial charge in [-0.2, -0.15) is 0 Å². The van der Waals surface area contributed by atoms with E-state index in [4.69, 9.17) is 0 Å². The molecule has 6 nitrogen and oxygen atoms in total. The van der Waals surface area contributed by atoms with Crippen molar-refractivity contribution < 1.29 is 4.79 Å². The van der Waals surface area contributed by atoms with Gasteiger partial charge >= 0.3 is 0 Å². The van der Waals surface area contributed by atoms with Crippen molar-refractivity contribution >= 4 is 11.9 Å². The molecule has 0 bridgehead atoms. The van der Waals surface area contributed by atoms with Gasteiger partial charge in [0, 0.05) is 44.7 Å². The molecule has 1 atom stereocenters. The van der Waals surface area contributed by atoms with Crippen LogP contribution in [-0.2, 0) is 11.3 Å². The molecule has 1 aliphatic heterocycles. The number of aliphatic imine (C=N–C) groups is 1. The Labute approximate surface area is 163 Å². The van der Waals surface area contributed by atoms with Gasteiger partial charge in [-0.3, -0.25) is 14.7 Å². The second-order valence-electron chi connectivity index (χ2n) is 8.14. The van der Waals surface area contributed by atoms with E-state index in [0.717, 1.165) is 25.6 Å². The lowest BCUT2D eigenvalue weighted by atomic mass is 9.96. The van der Waals surface area contributed by atoms with Crippen LogP contribution in [0.2, 0.25) is 0 Å². The van der Waals surface area contributed by atoms with Crippen molar-refractivity contribution in [2.45, 2.75) is 46.2 Å². The summed E-state index contributed by atoms with van der Waals surface area (Å²) in [5.41, 5.74) is 1.01. The van der Waals surface area contributed by atoms with E-state index in [0.29, 0.717) is 19.1 Å². The zero-order valence-corrected chi connectivity index (χ0v) is 17.2. The van der Waals surface area contributed by atoms with E-state index in [1.54, 1.807) is 7.05 Å². The van der Waals surface area contributed by atoms with E-state index in [1.807, 2.05) is 20.8 Å². The number of benzene rings is 1. The summed E-state index contributed by atoms with van der Waals surface area (Å²) >= 11 is 0. The molecule has 1 aromatic carbocycles. The van der Waals surface area contributed by atoms with Crippen LogP contribution in [0.4, 0.5) is 0 Å². The first kappa shape index (κ1) is 21.2. The second kappa shape index (κ2) is 10.3. The third-order valence-corrected chi connectivity index (χ3v) is 4.84. The van der Waals surface area contributed by atoms with Gasteiger partial charge in [-0.05, 0) is 24.9 Å². The SMILES string of the molecule is CN=C(NCCNC(=O)C(C)(C)C)NCC1CCCN1Cc1ccccc1. The third kappa shape index (κ3) is 7.21. The maximum Gasteiger partial charge on any atom is 0.225 e. The number of carbonyl (C=O) groups excluding carboxylic acids is 1. The Morgan fingerprint density at radius 2 is 1.85 bits per heavy atom. The minimum Gasteiger partial charge on any atom is -0.355 e. The average molecular weight is 374 g/mol. The summed E-state index contributed by atoms with van der Waals surface area (Å²) < 4.78 is 0. The van der Waals surface area contributed by atoms with Gasteiger partial charge in [0.05, 0.1) is 0 Å². The highest BCUT2D eigenvalue weighted by molar-refractivity contribution is 5.81. The Morgan fingerprint density at radius 1 is 1.15 bits per heavy atom. The van der Waals surface area contributed by atoms with E-state index in [-0.39, 0.29) is 11.3 Å². The third-order valence-electron chi connectivity index (χ3n) is 4.84. The fourth-order valence-electron chi connectivity index (χ4n) is 3.21. The molecule has 0 aliphatic carbocycles. The number of likely N-dealkylation sites (tertiary alicyclic amines) is 1. The molecule has 0 spiro atoms. The van der Waals surface area contributed by atoms with Gasteiger partial charge in [-0.25, -0.2) is 0 Å². The number of amides is 1. The molecule has 0 radical (unpaired) electrons. The monoisotopic (exact) mass is 373 g/mol. The van der Waals surface area contributed by atoms with Crippen molar-refractivity contribution in [3.05, 3.63) is 35.9 Å². The molecule has 1 heterocycles. The Balaban J connectivity index is 1.71. The van der Waals surface area contributed by atoms with Gasteiger partial charge in [0.1, 0.15) is 0 Å². The summed E-state index contributed by atoms with van der Waals surface area (Å²) in [6.45, 7) is 10.0. The summed E-state index contributed by atoms with van der Waals surface area (Å²) in [6, 6.07) is 11.2. The smallest absolute Gasteiger partial charge is 0.225 e. The van der Waals surface area contributed by atoms with Crippen molar-refractivity contribution in [2.75, 3.05) is 33.2 Å². The van der Waals surface area contributed by atoms with Crippen LogP contribution >= 0.6 is 0 Å². The molecule has 1 aliphatic rings. The van der Waals surface area contributed by atoms with Crippen LogP contribution in [-0.4, -0.2) is 56.0 Å². The molecule has 1 aromatic rings. The predicted octanol–water partition coefficient (Wildman–Crippen LogP) is 1.98. The van der Waals surface area contributed by atoms with Gasteiger partial charge in [0.25, 0.3) is 0 Å². The summed E-state index contributed by atoms with van der Waals surface area (Å²) in [5.74, 6) is 0.848. The van der Waals surface area contributed by atoms with Gasteiger partial charge in [-0.1, -0.05) is 51.1 Å². The molecular weight excluding hydrogens is 338 g/mol. The van der Waals surface area contributed by atoms with E-state index in [1.165, 1.54) is 18.4 Å². The summed E-state index contributed by atoms with van der Waals surface area (Å²) in [5, 5.41) is 9.64. The van der Waals surface area contributed by atoms with Crippen LogP contribution < -0.4 is 16.0 Å². The first-order valence-corrected chi connectivity index (χ1v) is 9.91. The Kier molecular flexibility index (Phi) is 8.10. The van der Waals surface area contributed by atoms with Crippen molar-refractivity contribution in [3.63, 3.8) is 0 Å². The van der Waals surface area contributed by atoms with E-state index in [9.17, 15) is 4.79 Å². The quantitative estimate of drug-likeness (QED) is 0.388. The van der Waals surface area contributed by atoms with Crippen LogP contribution in [0.3, 0.4) is 0 Å².